The molecular formula is C10H7N5O2. The molecule has 2 rings (SSSR count). The fourth-order valence-corrected chi connectivity index (χ4v) is 1.43. The quantitative estimate of drug-likeness (QED) is 0.595. The van der Waals surface area contributed by atoms with Crippen LogP contribution < -0.4 is 5.73 Å². The first-order chi connectivity index (χ1) is 8.13. The third-order valence-corrected chi connectivity index (χ3v) is 2.27. The van der Waals surface area contributed by atoms with Crippen molar-refractivity contribution in [2.45, 2.75) is 0 Å². The minimum atomic E-state index is -0.490. The van der Waals surface area contributed by atoms with E-state index >= 15 is 0 Å². The number of anilines is 1. The number of nitro benzene ring substituents is 1. The predicted molar refractivity (Wildman–Crippen MR) is 59.8 cm³/mol. The van der Waals surface area contributed by atoms with Gasteiger partial charge in [0.2, 0.25) is 0 Å². The number of nitrogens with one attached hydrogen (secondary N) is 1. The van der Waals surface area contributed by atoms with E-state index in [1.807, 2.05) is 6.07 Å². The summed E-state index contributed by atoms with van der Waals surface area (Å²) in [6.45, 7) is 0. The van der Waals surface area contributed by atoms with Crippen LogP contribution in [0.15, 0.2) is 24.3 Å². The summed E-state index contributed by atoms with van der Waals surface area (Å²) < 4.78 is 0. The van der Waals surface area contributed by atoms with Crippen LogP contribution in [0.4, 0.5) is 11.5 Å². The summed E-state index contributed by atoms with van der Waals surface area (Å²) >= 11 is 0. The molecule has 0 unspecified atom stereocenters. The lowest BCUT2D eigenvalue weighted by molar-refractivity contribution is -0.384. The first-order valence-corrected chi connectivity index (χ1v) is 4.62. The van der Waals surface area contributed by atoms with E-state index in [0.717, 1.165) is 0 Å². The average molecular weight is 229 g/mol. The van der Waals surface area contributed by atoms with Gasteiger partial charge in [0, 0.05) is 17.7 Å². The van der Waals surface area contributed by atoms with Crippen LogP contribution in [0.25, 0.3) is 11.3 Å². The molecule has 0 aliphatic heterocycles. The number of aromatic nitrogens is 2. The lowest BCUT2D eigenvalue weighted by Gasteiger charge is -1.97. The second-order valence-corrected chi connectivity index (χ2v) is 3.27. The largest absolute Gasteiger partial charge is 0.381 e. The van der Waals surface area contributed by atoms with Crippen molar-refractivity contribution in [3.8, 4) is 17.3 Å². The van der Waals surface area contributed by atoms with Gasteiger partial charge in [0.25, 0.3) is 5.69 Å². The topological polar surface area (TPSA) is 122 Å². The molecule has 84 valence electrons. The van der Waals surface area contributed by atoms with Gasteiger partial charge in [0.05, 0.1) is 10.6 Å². The van der Waals surface area contributed by atoms with Crippen LogP contribution in [-0.2, 0) is 0 Å². The molecule has 2 aromatic rings. The van der Waals surface area contributed by atoms with Crippen LogP contribution in [0.5, 0.6) is 0 Å². The Balaban J connectivity index is 2.47. The van der Waals surface area contributed by atoms with Gasteiger partial charge in [0.1, 0.15) is 11.6 Å². The van der Waals surface area contributed by atoms with E-state index < -0.39 is 4.92 Å². The van der Waals surface area contributed by atoms with Crippen molar-refractivity contribution in [3.63, 3.8) is 0 Å². The lowest BCUT2D eigenvalue weighted by Crippen LogP contribution is -1.89. The molecule has 1 aromatic carbocycles. The summed E-state index contributed by atoms with van der Waals surface area (Å²) in [7, 11) is 0. The Kier molecular flexibility index (Phi) is 2.46. The third-order valence-electron chi connectivity index (χ3n) is 2.27. The summed E-state index contributed by atoms with van der Waals surface area (Å²) in [6.07, 6.45) is 0. The number of nitrogens with two attached hydrogens (primary N) is 1. The molecule has 0 fully saturated rings. The molecule has 0 saturated heterocycles. The van der Waals surface area contributed by atoms with Gasteiger partial charge in [-0.25, -0.2) is 0 Å². The number of rotatable bonds is 2. The molecule has 0 spiro atoms. The molecule has 1 aromatic heterocycles. The van der Waals surface area contributed by atoms with Crippen molar-refractivity contribution < 1.29 is 4.92 Å². The number of nitro groups is 1. The van der Waals surface area contributed by atoms with Crippen molar-refractivity contribution in [2.75, 3.05) is 5.73 Å². The molecule has 1 heterocycles. The number of hydrogen-bond donors (Lipinski definition) is 2. The van der Waals surface area contributed by atoms with Crippen molar-refractivity contribution in [3.05, 3.63) is 39.9 Å². The van der Waals surface area contributed by atoms with E-state index in [4.69, 9.17) is 11.0 Å². The Labute approximate surface area is 95.6 Å². The van der Waals surface area contributed by atoms with Gasteiger partial charge in [-0.1, -0.05) is 0 Å². The Morgan fingerprint density at radius 3 is 2.59 bits per heavy atom. The Morgan fingerprint density at radius 2 is 2.06 bits per heavy atom. The molecule has 0 amide bonds. The van der Waals surface area contributed by atoms with Gasteiger partial charge < -0.3 is 5.73 Å². The number of nitriles is 1. The highest BCUT2D eigenvalue weighted by Gasteiger charge is 2.13. The van der Waals surface area contributed by atoms with Crippen molar-refractivity contribution in [1.29, 1.82) is 5.26 Å². The monoisotopic (exact) mass is 229 g/mol. The number of nitrogens with zero attached hydrogens (tertiary/aromatic N) is 3. The van der Waals surface area contributed by atoms with E-state index in [-0.39, 0.29) is 17.1 Å². The average Bonchev–Trinajstić information content (AvgIpc) is 2.70. The molecule has 0 bridgehead atoms. The van der Waals surface area contributed by atoms with Crippen LogP contribution in [0.1, 0.15) is 5.56 Å². The number of H-pyrrole nitrogens is 1. The van der Waals surface area contributed by atoms with Gasteiger partial charge in [0.15, 0.2) is 5.82 Å². The normalized spacial score (nSPS) is 9.82. The van der Waals surface area contributed by atoms with Crippen molar-refractivity contribution in [1.82, 2.24) is 10.2 Å². The van der Waals surface area contributed by atoms with Crippen LogP contribution in [-0.4, -0.2) is 15.1 Å². The highest BCUT2D eigenvalue weighted by Crippen LogP contribution is 2.25. The first kappa shape index (κ1) is 10.6. The van der Waals surface area contributed by atoms with Crippen LogP contribution in [0.3, 0.4) is 0 Å². The number of hydrogen-bond acceptors (Lipinski definition) is 5. The van der Waals surface area contributed by atoms with E-state index in [0.29, 0.717) is 11.3 Å². The van der Waals surface area contributed by atoms with Gasteiger partial charge in [-0.2, -0.15) is 10.4 Å². The zero-order valence-electron chi connectivity index (χ0n) is 8.54. The van der Waals surface area contributed by atoms with Gasteiger partial charge in [-0.15, -0.1) is 0 Å². The standard InChI is InChI=1S/C10H7N5O2/c11-5-8-9(13-14-10(8)12)6-1-3-7(4-2-6)15(16)17/h1-4H,(H3,12,13,14). The van der Waals surface area contributed by atoms with Gasteiger partial charge >= 0.3 is 0 Å². The van der Waals surface area contributed by atoms with E-state index in [1.165, 1.54) is 24.3 Å². The molecule has 3 N–H and O–H groups in total. The van der Waals surface area contributed by atoms with E-state index in [2.05, 4.69) is 10.2 Å². The molecule has 7 heteroatoms. The van der Waals surface area contributed by atoms with Gasteiger partial charge in [-0.05, 0) is 12.1 Å². The Morgan fingerprint density at radius 1 is 1.41 bits per heavy atom. The second-order valence-electron chi connectivity index (χ2n) is 3.27. The third kappa shape index (κ3) is 1.79. The predicted octanol–water partition coefficient (Wildman–Crippen LogP) is 1.44. The fraction of sp³-hybridized carbons (Fsp3) is 0. The van der Waals surface area contributed by atoms with Gasteiger partial charge in [-0.3, -0.25) is 15.2 Å². The maximum absolute atomic E-state index is 10.5. The van der Waals surface area contributed by atoms with Crippen molar-refractivity contribution >= 4 is 11.5 Å². The Hall–Kier alpha value is -2.88. The zero-order valence-corrected chi connectivity index (χ0v) is 8.54. The van der Waals surface area contributed by atoms with Crippen LogP contribution in [0.2, 0.25) is 0 Å². The number of benzene rings is 1. The highest BCUT2D eigenvalue weighted by molar-refractivity contribution is 5.72. The second kappa shape index (κ2) is 3.94. The SMILES string of the molecule is N#Cc1c(N)n[nH]c1-c1ccc([N+](=O)[O-])cc1. The molecule has 17 heavy (non-hydrogen) atoms. The summed E-state index contributed by atoms with van der Waals surface area (Å²) in [4.78, 5) is 10.00. The highest BCUT2D eigenvalue weighted by atomic mass is 16.6. The fourth-order valence-electron chi connectivity index (χ4n) is 1.43. The molecule has 0 aliphatic carbocycles. The minimum Gasteiger partial charge on any atom is -0.381 e. The smallest absolute Gasteiger partial charge is 0.269 e. The number of nitrogen functional groups attached to an aromatic ring is 1. The van der Waals surface area contributed by atoms with E-state index in [9.17, 15) is 10.1 Å². The van der Waals surface area contributed by atoms with E-state index in [1.54, 1.807) is 0 Å². The molecule has 0 radical (unpaired) electrons. The molecular weight excluding hydrogens is 222 g/mol. The molecule has 0 atom stereocenters. The molecule has 0 saturated carbocycles. The minimum absolute atomic E-state index is 0.0141. The van der Waals surface area contributed by atoms with Crippen molar-refractivity contribution in [2.24, 2.45) is 0 Å². The van der Waals surface area contributed by atoms with Crippen LogP contribution >= 0.6 is 0 Å². The molecule has 7 nitrogen and oxygen atoms in total. The maximum Gasteiger partial charge on any atom is 0.269 e. The Bertz CT molecular complexity index is 609. The van der Waals surface area contributed by atoms with Crippen LogP contribution in [0, 0.1) is 21.4 Å². The zero-order chi connectivity index (χ0) is 12.4. The summed E-state index contributed by atoms with van der Waals surface area (Å²) in [5, 5.41) is 25.7. The summed E-state index contributed by atoms with van der Waals surface area (Å²) in [5.41, 5.74) is 6.80. The number of non-ortho nitro benzene ring substituents is 1. The lowest BCUT2D eigenvalue weighted by atomic mass is 10.1. The molecule has 0 aliphatic rings. The number of aromatic amines is 1. The maximum atomic E-state index is 10.5. The first-order valence-electron chi connectivity index (χ1n) is 4.62. The summed E-state index contributed by atoms with van der Waals surface area (Å²) in [6, 6.07) is 7.70. The summed E-state index contributed by atoms with van der Waals surface area (Å²) in [5.74, 6) is 0.112.